The Morgan fingerprint density at radius 2 is 1.65 bits per heavy atom. The molecule has 0 spiro atoms. The van der Waals surface area contributed by atoms with Crippen molar-refractivity contribution in [2.24, 2.45) is 16.2 Å². The molecule has 2 atom stereocenters. The summed E-state index contributed by atoms with van der Waals surface area (Å²) in [6, 6.07) is 0. The Bertz CT molecular complexity index is 565. The molecular formula is C17H26N2O4. The Morgan fingerprint density at radius 3 is 2.13 bits per heavy atom. The number of piperazine rings is 1. The number of nitrogens with zero attached hydrogens (tertiary/aromatic N) is 2. The first-order chi connectivity index (χ1) is 10.7. The second kappa shape index (κ2) is 5.11. The highest BCUT2D eigenvalue weighted by atomic mass is 16.3. The lowest BCUT2D eigenvalue weighted by Crippen LogP contribution is -2.57. The van der Waals surface area contributed by atoms with E-state index >= 15 is 0 Å². The Kier molecular flexibility index (Phi) is 3.69. The molecule has 128 valence electrons. The van der Waals surface area contributed by atoms with E-state index in [2.05, 4.69) is 4.90 Å². The van der Waals surface area contributed by atoms with Gasteiger partial charge in [-0.1, -0.05) is 20.8 Å². The van der Waals surface area contributed by atoms with Crippen LogP contribution in [0.2, 0.25) is 0 Å². The van der Waals surface area contributed by atoms with Crippen molar-refractivity contribution >= 4 is 17.5 Å². The van der Waals surface area contributed by atoms with Crippen LogP contribution >= 0.6 is 0 Å². The lowest BCUT2D eigenvalue weighted by molar-refractivity contribution is -0.156. The van der Waals surface area contributed by atoms with Crippen LogP contribution in [0.1, 0.15) is 33.6 Å². The summed E-state index contributed by atoms with van der Waals surface area (Å²) in [7, 11) is 0. The summed E-state index contributed by atoms with van der Waals surface area (Å²) in [6.07, 6.45) is 1.09. The van der Waals surface area contributed by atoms with Gasteiger partial charge in [0.2, 0.25) is 17.5 Å². The fourth-order valence-electron chi connectivity index (χ4n) is 4.83. The molecule has 1 amide bonds. The number of rotatable bonds is 3. The van der Waals surface area contributed by atoms with Crippen LogP contribution in [0.25, 0.3) is 0 Å². The number of aliphatic hydroxyl groups is 1. The Balaban J connectivity index is 1.85. The van der Waals surface area contributed by atoms with Crippen LogP contribution in [-0.4, -0.2) is 71.7 Å². The van der Waals surface area contributed by atoms with Gasteiger partial charge in [-0.05, 0) is 18.3 Å². The zero-order chi connectivity index (χ0) is 17.0. The minimum Gasteiger partial charge on any atom is -0.395 e. The van der Waals surface area contributed by atoms with Crippen LogP contribution in [0.15, 0.2) is 0 Å². The van der Waals surface area contributed by atoms with Gasteiger partial charge in [0.25, 0.3) is 0 Å². The standard InChI is InChI=1S/C17H26N2O4/c1-15(2)16(3)4-5-17(15,13(22)12(16)21)14(23)19-8-6-18(7-9-19)10-11-20/h20H,4-11H2,1-3H3. The van der Waals surface area contributed by atoms with E-state index in [0.717, 1.165) is 0 Å². The topological polar surface area (TPSA) is 77.9 Å². The Hall–Kier alpha value is -1.27. The van der Waals surface area contributed by atoms with Crippen LogP contribution < -0.4 is 0 Å². The van der Waals surface area contributed by atoms with Gasteiger partial charge in [0.15, 0.2) is 0 Å². The number of aliphatic hydroxyl groups excluding tert-OH is 1. The van der Waals surface area contributed by atoms with E-state index in [1.165, 1.54) is 0 Å². The molecule has 0 aromatic carbocycles. The number of carbonyl (C=O) groups is 3. The quantitative estimate of drug-likeness (QED) is 0.588. The van der Waals surface area contributed by atoms with Crippen molar-refractivity contribution in [2.45, 2.75) is 33.6 Å². The van der Waals surface area contributed by atoms with Crippen LogP contribution in [0.4, 0.5) is 0 Å². The lowest BCUT2D eigenvalue weighted by atomic mass is 9.64. The molecule has 0 aromatic rings. The first-order valence-corrected chi connectivity index (χ1v) is 8.44. The molecule has 3 fully saturated rings. The van der Waals surface area contributed by atoms with Crippen LogP contribution in [0, 0.1) is 16.2 Å². The molecule has 6 nitrogen and oxygen atoms in total. The van der Waals surface area contributed by atoms with E-state index in [-0.39, 0.29) is 18.3 Å². The van der Waals surface area contributed by atoms with Gasteiger partial charge in [0.1, 0.15) is 5.41 Å². The maximum absolute atomic E-state index is 13.2. The van der Waals surface area contributed by atoms with Gasteiger partial charge >= 0.3 is 0 Å². The van der Waals surface area contributed by atoms with Crippen molar-refractivity contribution in [3.05, 3.63) is 0 Å². The fourth-order valence-corrected chi connectivity index (χ4v) is 4.83. The molecule has 1 aliphatic heterocycles. The van der Waals surface area contributed by atoms with Crippen molar-refractivity contribution < 1.29 is 19.5 Å². The highest BCUT2D eigenvalue weighted by Crippen LogP contribution is 2.69. The van der Waals surface area contributed by atoms with Gasteiger partial charge in [-0.25, -0.2) is 0 Å². The molecule has 1 N–H and O–H groups in total. The minimum absolute atomic E-state index is 0.107. The first-order valence-electron chi connectivity index (χ1n) is 8.44. The van der Waals surface area contributed by atoms with Crippen molar-refractivity contribution in [1.29, 1.82) is 0 Å². The van der Waals surface area contributed by atoms with Gasteiger partial charge < -0.3 is 10.0 Å². The molecule has 0 radical (unpaired) electrons. The van der Waals surface area contributed by atoms with Crippen molar-refractivity contribution in [2.75, 3.05) is 39.3 Å². The highest BCUT2D eigenvalue weighted by Gasteiger charge is 2.78. The summed E-state index contributed by atoms with van der Waals surface area (Å²) in [5.74, 6) is -0.995. The molecule has 2 unspecified atom stereocenters. The van der Waals surface area contributed by atoms with Gasteiger partial charge in [-0.3, -0.25) is 19.3 Å². The van der Waals surface area contributed by atoms with E-state index in [1.807, 2.05) is 20.8 Å². The molecule has 3 rings (SSSR count). The molecule has 6 heteroatoms. The second-order valence-electron chi connectivity index (χ2n) is 7.88. The van der Waals surface area contributed by atoms with Gasteiger partial charge in [-0.2, -0.15) is 0 Å². The molecule has 0 aromatic heterocycles. The number of ketones is 2. The number of hydrogen-bond donors (Lipinski definition) is 1. The summed E-state index contributed by atoms with van der Waals surface area (Å²) < 4.78 is 0. The normalized spacial score (nSPS) is 36.8. The van der Waals surface area contributed by atoms with E-state index < -0.39 is 22.0 Å². The highest BCUT2D eigenvalue weighted by molar-refractivity contribution is 6.48. The summed E-state index contributed by atoms with van der Waals surface area (Å²) in [5, 5.41) is 9.01. The molecule has 23 heavy (non-hydrogen) atoms. The zero-order valence-corrected chi connectivity index (χ0v) is 14.2. The number of carbonyl (C=O) groups excluding carboxylic acids is 3. The predicted octanol–water partition coefficient (Wildman–Crippen LogP) is 0.0874. The predicted molar refractivity (Wildman–Crippen MR) is 83.7 cm³/mol. The average molecular weight is 322 g/mol. The van der Waals surface area contributed by atoms with Crippen LogP contribution in [-0.2, 0) is 14.4 Å². The molecule has 1 saturated heterocycles. The summed E-state index contributed by atoms with van der Waals surface area (Å²) >= 11 is 0. The van der Waals surface area contributed by atoms with E-state index in [0.29, 0.717) is 45.6 Å². The van der Waals surface area contributed by atoms with Crippen molar-refractivity contribution in [3.8, 4) is 0 Å². The van der Waals surface area contributed by atoms with E-state index in [9.17, 15) is 14.4 Å². The minimum atomic E-state index is -1.17. The van der Waals surface area contributed by atoms with Gasteiger partial charge in [0, 0.05) is 38.1 Å². The Labute approximate surface area is 136 Å². The van der Waals surface area contributed by atoms with Crippen molar-refractivity contribution in [3.63, 3.8) is 0 Å². The maximum Gasteiger partial charge on any atom is 0.237 e. The summed E-state index contributed by atoms with van der Waals surface area (Å²) in [6.45, 7) is 8.86. The number of β-amino-alcohol motifs (C(OH)–C–C–N with tert-alkyl or cyclic N) is 1. The van der Waals surface area contributed by atoms with Crippen LogP contribution in [0.5, 0.6) is 0 Å². The van der Waals surface area contributed by atoms with Crippen LogP contribution in [0.3, 0.4) is 0 Å². The third-order valence-corrected chi connectivity index (χ3v) is 6.98. The Morgan fingerprint density at radius 1 is 1.04 bits per heavy atom. The molecule has 3 aliphatic rings. The summed E-state index contributed by atoms with van der Waals surface area (Å²) in [4.78, 5) is 42.3. The van der Waals surface area contributed by atoms with Crippen molar-refractivity contribution in [1.82, 2.24) is 9.80 Å². The monoisotopic (exact) mass is 322 g/mol. The van der Waals surface area contributed by atoms with E-state index in [1.54, 1.807) is 4.90 Å². The zero-order valence-electron chi connectivity index (χ0n) is 14.2. The van der Waals surface area contributed by atoms with E-state index in [4.69, 9.17) is 5.11 Å². The maximum atomic E-state index is 13.2. The SMILES string of the molecule is CC12CCC(C(=O)N3CCN(CCO)CC3)(C(=O)C1=O)C2(C)C. The average Bonchev–Trinajstić information content (AvgIpc) is 2.80. The van der Waals surface area contributed by atoms with Gasteiger partial charge in [0.05, 0.1) is 6.61 Å². The molecule has 2 bridgehead atoms. The number of fused-ring (bicyclic) bond motifs is 2. The summed E-state index contributed by atoms with van der Waals surface area (Å²) in [5.41, 5.74) is -2.51. The number of amides is 1. The molecule has 2 saturated carbocycles. The number of Topliss-reactive ketones (excluding diaryl/α,β-unsaturated/α-hetero) is 2. The second-order valence-corrected chi connectivity index (χ2v) is 7.88. The fraction of sp³-hybridized carbons (Fsp3) is 0.824. The smallest absolute Gasteiger partial charge is 0.237 e. The molecular weight excluding hydrogens is 296 g/mol. The van der Waals surface area contributed by atoms with Gasteiger partial charge in [-0.15, -0.1) is 0 Å². The first kappa shape index (κ1) is 16.6. The lowest BCUT2D eigenvalue weighted by Gasteiger charge is -2.42. The molecule has 1 heterocycles. The number of hydrogen-bond acceptors (Lipinski definition) is 5. The third-order valence-electron chi connectivity index (χ3n) is 6.98. The largest absolute Gasteiger partial charge is 0.395 e. The third kappa shape index (κ3) is 1.85. The molecule has 2 aliphatic carbocycles.